The predicted molar refractivity (Wildman–Crippen MR) is 92.5 cm³/mol. The molecule has 0 aromatic rings. The van der Waals surface area contributed by atoms with Gasteiger partial charge in [-0.1, -0.05) is 40.5 Å². The van der Waals surface area contributed by atoms with Gasteiger partial charge in [-0.25, -0.2) is 4.79 Å². The summed E-state index contributed by atoms with van der Waals surface area (Å²) in [4.78, 5) is 36.2. The number of methoxy groups -OCH3 is 1. The van der Waals surface area contributed by atoms with E-state index in [4.69, 9.17) is 0 Å². The third-order valence-electron chi connectivity index (χ3n) is 4.70. The number of carbonyl (C=O) groups excluding carboxylic acids is 3. The number of rotatable bonds is 7. The van der Waals surface area contributed by atoms with Crippen LogP contribution in [0.3, 0.4) is 0 Å². The lowest BCUT2D eigenvalue weighted by molar-refractivity contribution is -0.127. The van der Waals surface area contributed by atoms with Crippen molar-refractivity contribution in [1.82, 2.24) is 10.6 Å². The molecule has 138 valence electrons. The maximum absolute atomic E-state index is 12.7. The summed E-state index contributed by atoms with van der Waals surface area (Å²) in [5.74, 6) is 0.102. The van der Waals surface area contributed by atoms with Gasteiger partial charge in [-0.3, -0.25) is 9.59 Å². The average Bonchev–Trinajstić information content (AvgIpc) is 2.53. The molecule has 1 saturated carbocycles. The molecule has 6 heteroatoms. The Morgan fingerprint density at radius 3 is 2.25 bits per heavy atom. The third-order valence-corrected chi connectivity index (χ3v) is 4.70. The van der Waals surface area contributed by atoms with E-state index in [1.54, 1.807) is 0 Å². The second-order valence-corrected chi connectivity index (χ2v) is 7.34. The quantitative estimate of drug-likeness (QED) is 0.746. The molecule has 6 nitrogen and oxygen atoms in total. The number of Topliss-reactive ketones (excluding diaryl/α,β-unsaturated/α-hetero) is 1. The molecule has 0 spiro atoms. The Balaban J connectivity index is 2.72. The summed E-state index contributed by atoms with van der Waals surface area (Å²) in [5, 5.41) is 5.72. The zero-order valence-corrected chi connectivity index (χ0v) is 15.6. The van der Waals surface area contributed by atoms with Crippen molar-refractivity contribution in [3.05, 3.63) is 0 Å². The van der Waals surface area contributed by atoms with Gasteiger partial charge in [0.2, 0.25) is 5.91 Å². The Bertz CT molecular complexity index is 448. The van der Waals surface area contributed by atoms with Crippen LogP contribution in [0.5, 0.6) is 0 Å². The number of hydrogen-bond acceptors (Lipinski definition) is 4. The predicted octanol–water partition coefficient (Wildman–Crippen LogP) is 2.66. The molecule has 0 heterocycles. The average molecular weight is 340 g/mol. The largest absolute Gasteiger partial charge is 0.453 e. The standard InChI is InChI=1S/C18H32N2O4/c1-11(2)16(20-18(23)24-5)15(21)10-13-8-6-7-9-14(13)19-17(22)12(3)4/h11-14,16H,6-10H2,1-5H3,(H,19,22)(H,20,23)/t13-,14+,16+/m1/s1. The van der Waals surface area contributed by atoms with Crippen molar-refractivity contribution >= 4 is 17.8 Å². The highest BCUT2D eigenvalue weighted by atomic mass is 16.5. The van der Waals surface area contributed by atoms with Crippen LogP contribution in [0.1, 0.15) is 59.8 Å². The van der Waals surface area contributed by atoms with E-state index >= 15 is 0 Å². The fourth-order valence-electron chi connectivity index (χ4n) is 3.18. The lowest BCUT2D eigenvalue weighted by atomic mass is 9.79. The van der Waals surface area contributed by atoms with Crippen molar-refractivity contribution in [2.75, 3.05) is 7.11 Å². The van der Waals surface area contributed by atoms with Gasteiger partial charge in [-0.2, -0.15) is 0 Å². The van der Waals surface area contributed by atoms with Crippen LogP contribution in [0, 0.1) is 17.8 Å². The van der Waals surface area contributed by atoms with Gasteiger partial charge in [0.1, 0.15) is 0 Å². The van der Waals surface area contributed by atoms with E-state index in [2.05, 4.69) is 15.4 Å². The van der Waals surface area contributed by atoms with E-state index in [1.807, 2.05) is 27.7 Å². The Labute approximate surface area is 145 Å². The van der Waals surface area contributed by atoms with Gasteiger partial charge in [0.25, 0.3) is 0 Å². The van der Waals surface area contributed by atoms with E-state index in [9.17, 15) is 14.4 Å². The number of carbonyl (C=O) groups is 3. The van der Waals surface area contributed by atoms with Crippen molar-refractivity contribution in [2.45, 2.75) is 71.9 Å². The third kappa shape index (κ3) is 6.13. The van der Waals surface area contributed by atoms with Crippen LogP contribution in [-0.4, -0.2) is 37.0 Å². The number of amides is 2. The molecule has 1 rings (SSSR count). The van der Waals surface area contributed by atoms with Crippen LogP contribution in [0.15, 0.2) is 0 Å². The maximum Gasteiger partial charge on any atom is 0.407 e. The van der Waals surface area contributed by atoms with Gasteiger partial charge in [0.05, 0.1) is 13.2 Å². The summed E-state index contributed by atoms with van der Waals surface area (Å²) >= 11 is 0. The van der Waals surface area contributed by atoms with Gasteiger partial charge in [-0.15, -0.1) is 0 Å². The molecular formula is C18H32N2O4. The van der Waals surface area contributed by atoms with Gasteiger partial charge < -0.3 is 15.4 Å². The van der Waals surface area contributed by atoms with E-state index in [0.29, 0.717) is 6.42 Å². The monoisotopic (exact) mass is 340 g/mol. The summed E-state index contributed by atoms with van der Waals surface area (Å²) in [7, 11) is 1.29. The van der Waals surface area contributed by atoms with Crippen LogP contribution in [0.2, 0.25) is 0 Å². The minimum atomic E-state index is -0.588. The van der Waals surface area contributed by atoms with E-state index < -0.39 is 12.1 Å². The van der Waals surface area contributed by atoms with E-state index in [0.717, 1.165) is 25.7 Å². The Hall–Kier alpha value is -1.59. The smallest absolute Gasteiger partial charge is 0.407 e. The lowest BCUT2D eigenvalue weighted by Crippen LogP contribution is -2.48. The van der Waals surface area contributed by atoms with Crippen molar-refractivity contribution in [3.63, 3.8) is 0 Å². The number of hydrogen-bond donors (Lipinski definition) is 2. The highest BCUT2D eigenvalue weighted by Crippen LogP contribution is 2.28. The van der Waals surface area contributed by atoms with E-state index in [1.165, 1.54) is 7.11 Å². The van der Waals surface area contributed by atoms with Gasteiger partial charge in [-0.05, 0) is 24.7 Å². The first-order chi connectivity index (χ1) is 11.3. The van der Waals surface area contributed by atoms with Crippen molar-refractivity contribution in [1.29, 1.82) is 0 Å². The van der Waals surface area contributed by atoms with Crippen LogP contribution >= 0.6 is 0 Å². The van der Waals surface area contributed by atoms with Crippen LogP contribution < -0.4 is 10.6 Å². The number of nitrogens with one attached hydrogen (secondary N) is 2. The molecule has 0 aromatic carbocycles. The molecular weight excluding hydrogens is 308 g/mol. The van der Waals surface area contributed by atoms with E-state index in [-0.39, 0.29) is 35.5 Å². The normalized spacial score (nSPS) is 22.1. The van der Waals surface area contributed by atoms with Crippen LogP contribution in [0.4, 0.5) is 4.79 Å². The first-order valence-electron chi connectivity index (χ1n) is 8.93. The van der Waals surface area contributed by atoms with Crippen LogP contribution in [-0.2, 0) is 14.3 Å². The Kier molecular flexibility index (Phi) is 8.22. The fourth-order valence-corrected chi connectivity index (χ4v) is 3.18. The molecule has 2 N–H and O–H groups in total. The number of ketones is 1. The number of alkyl carbamates (subject to hydrolysis) is 1. The molecule has 0 aromatic heterocycles. The first kappa shape index (κ1) is 20.5. The molecule has 24 heavy (non-hydrogen) atoms. The summed E-state index contributed by atoms with van der Waals surface area (Å²) in [6.07, 6.45) is 3.76. The molecule has 1 aliphatic rings. The summed E-state index contributed by atoms with van der Waals surface area (Å²) < 4.78 is 4.61. The van der Waals surface area contributed by atoms with Crippen LogP contribution in [0.25, 0.3) is 0 Å². The summed E-state index contributed by atoms with van der Waals surface area (Å²) in [5.41, 5.74) is 0. The Morgan fingerprint density at radius 2 is 1.71 bits per heavy atom. The lowest BCUT2D eigenvalue weighted by Gasteiger charge is -2.33. The second-order valence-electron chi connectivity index (χ2n) is 7.34. The Morgan fingerprint density at radius 1 is 1.08 bits per heavy atom. The molecule has 0 bridgehead atoms. The molecule has 0 unspecified atom stereocenters. The highest BCUT2D eigenvalue weighted by Gasteiger charge is 2.32. The first-order valence-corrected chi connectivity index (χ1v) is 8.93. The zero-order valence-electron chi connectivity index (χ0n) is 15.6. The highest BCUT2D eigenvalue weighted by molar-refractivity contribution is 5.88. The molecule has 1 fully saturated rings. The van der Waals surface area contributed by atoms with Crippen molar-refractivity contribution in [3.8, 4) is 0 Å². The SMILES string of the molecule is COC(=O)N[C@H](C(=O)C[C@H]1CCCC[C@@H]1NC(=O)C(C)C)C(C)C. The molecule has 3 atom stereocenters. The minimum Gasteiger partial charge on any atom is -0.453 e. The second kappa shape index (κ2) is 9.64. The molecule has 0 radical (unpaired) electrons. The molecule has 2 amide bonds. The molecule has 0 aliphatic heterocycles. The summed E-state index contributed by atoms with van der Waals surface area (Å²) in [6.45, 7) is 7.54. The topological polar surface area (TPSA) is 84.5 Å². The minimum absolute atomic E-state index is 0.00564. The number of ether oxygens (including phenoxy) is 1. The van der Waals surface area contributed by atoms with Gasteiger partial charge in [0.15, 0.2) is 5.78 Å². The molecule has 0 saturated heterocycles. The maximum atomic E-state index is 12.7. The van der Waals surface area contributed by atoms with Crippen molar-refractivity contribution in [2.24, 2.45) is 17.8 Å². The summed E-state index contributed by atoms with van der Waals surface area (Å²) in [6, 6.07) is -0.510. The van der Waals surface area contributed by atoms with Gasteiger partial charge in [0, 0.05) is 18.4 Å². The van der Waals surface area contributed by atoms with Gasteiger partial charge >= 0.3 is 6.09 Å². The molecule has 1 aliphatic carbocycles. The van der Waals surface area contributed by atoms with Crippen molar-refractivity contribution < 1.29 is 19.1 Å². The fraction of sp³-hybridized carbons (Fsp3) is 0.833. The zero-order chi connectivity index (χ0) is 18.3.